The zero-order chi connectivity index (χ0) is 19.4. The topological polar surface area (TPSA) is 41.5 Å². The molecular formula is C22H32N4O. The first-order valence-corrected chi connectivity index (χ1v) is 9.96. The molecular weight excluding hydrogens is 336 g/mol. The summed E-state index contributed by atoms with van der Waals surface area (Å²) in [4.78, 5) is 14.2. The van der Waals surface area contributed by atoms with Gasteiger partial charge in [-0.15, -0.1) is 0 Å². The second-order valence-electron chi connectivity index (χ2n) is 7.78. The molecule has 0 unspecified atom stereocenters. The fourth-order valence-electron chi connectivity index (χ4n) is 3.50. The van der Waals surface area contributed by atoms with Crippen molar-refractivity contribution < 1.29 is 4.74 Å². The van der Waals surface area contributed by atoms with E-state index in [2.05, 4.69) is 73.7 Å². The van der Waals surface area contributed by atoms with Crippen molar-refractivity contribution >= 4 is 5.82 Å². The average Bonchev–Trinajstić information content (AvgIpc) is 2.64. The molecule has 0 atom stereocenters. The minimum Gasteiger partial charge on any atom is -0.492 e. The van der Waals surface area contributed by atoms with E-state index >= 15 is 0 Å². The van der Waals surface area contributed by atoms with E-state index in [4.69, 9.17) is 9.72 Å². The van der Waals surface area contributed by atoms with Crippen molar-refractivity contribution in [2.24, 2.45) is 0 Å². The van der Waals surface area contributed by atoms with Crippen molar-refractivity contribution in [3.63, 3.8) is 0 Å². The van der Waals surface area contributed by atoms with E-state index in [1.165, 1.54) is 11.1 Å². The lowest BCUT2D eigenvalue weighted by Gasteiger charge is -2.35. The molecule has 1 fully saturated rings. The first kappa shape index (κ1) is 19.6. The van der Waals surface area contributed by atoms with E-state index in [0.717, 1.165) is 62.4 Å². The Morgan fingerprint density at radius 2 is 1.67 bits per heavy atom. The summed E-state index contributed by atoms with van der Waals surface area (Å²) >= 11 is 0. The Balaban J connectivity index is 1.51. The van der Waals surface area contributed by atoms with Gasteiger partial charge in [-0.2, -0.15) is 0 Å². The first-order chi connectivity index (χ1) is 12.9. The van der Waals surface area contributed by atoms with E-state index in [1.54, 1.807) is 0 Å². The lowest BCUT2D eigenvalue weighted by Crippen LogP contribution is -2.47. The van der Waals surface area contributed by atoms with Crippen LogP contribution in [0, 0.1) is 20.8 Å². The predicted molar refractivity (Wildman–Crippen MR) is 111 cm³/mol. The van der Waals surface area contributed by atoms with Crippen molar-refractivity contribution in [3.8, 4) is 5.75 Å². The molecule has 1 aromatic carbocycles. The lowest BCUT2D eigenvalue weighted by molar-refractivity contribution is 0.199. The summed E-state index contributed by atoms with van der Waals surface area (Å²) < 4.78 is 6.06. The van der Waals surface area contributed by atoms with Crippen molar-refractivity contribution in [1.82, 2.24) is 14.9 Å². The number of rotatable bonds is 6. The number of ether oxygens (including phenoxy) is 1. The van der Waals surface area contributed by atoms with Gasteiger partial charge < -0.3 is 9.64 Å². The summed E-state index contributed by atoms with van der Waals surface area (Å²) in [5, 5.41) is 0. The van der Waals surface area contributed by atoms with E-state index in [1.807, 2.05) is 0 Å². The van der Waals surface area contributed by atoms with Crippen molar-refractivity contribution in [3.05, 3.63) is 46.9 Å². The normalized spacial score (nSPS) is 15.4. The highest BCUT2D eigenvalue weighted by Crippen LogP contribution is 2.22. The zero-order valence-electron chi connectivity index (χ0n) is 17.3. The van der Waals surface area contributed by atoms with Crippen LogP contribution in [0.15, 0.2) is 24.3 Å². The van der Waals surface area contributed by atoms with Crippen molar-refractivity contribution in [2.45, 2.75) is 40.5 Å². The van der Waals surface area contributed by atoms with Crippen LogP contribution < -0.4 is 9.64 Å². The molecule has 0 N–H and O–H groups in total. The van der Waals surface area contributed by atoms with Gasteiger partial charge >= 0.3 is 0 Å². The molecule has 0 amide bonds. The van der Waals surface area contributed by atoms with Gasteiger partial charge in [-0.25, -0.2) is 9.97 Å². The number of para-hydroxylation sites is 1. The van der Waals surface area contributed by atoms with Gasteiger partial charge in [0.05, 0.1) is 0 Å². The van der Waals surface area contributed by atoms with Crippen molar-refractivity contribution in [1.29, 1.82) is 0 Å². The van der Waals surface area contributed by atoms with Gasteiger partial charge in [-0.05, 0) is 31.9 Å². The molecule has 2 heterocycles. The maximum absolute atomic E-state index is 6.06. The van der Waals surface area contributed by atoms with Crippen LogP contribution in [0.5, 0.6) is 5.75 Å². The Bertz CT molecular complexity index is 747. The van der Waals surface area contributed by atoms with E-state index in [-0.39, 0.29) is 0 Å². The number of anilines is 1. The molecule has 1 saturated heterocycles. The Labute approximate surface area is 163 Å². The minimum atomic E-state index is 0.354. The molecule has 0 spiro atoms. The molecule has 0 saturated carbocycles. The van der Waals surface area contributed by atoms with Gasteiger partial charge in [-0.3, -0.25) is 4.90 Å². The molecule has 1 aliphatic rings. The van der Waals surface area contributed by atoms with Crippen LogP contribution >= 0.6 is 0 Å². The Hall–Kier alpha value is -2.14. The van der Waals surface area contributed by atoms with Crippen LogP contribution in [-0.2, 0) is 0 Å². The third-order valence-corrected chi connectivity index (χ3v) is 5.13. The van der Waals surface area contributed by atoms with Gasteiger partial charge in [0.25, 0.3) is 0 Å². The van der Waals surface area contributed by atoms with Crippen LogP contribution in [0.25, 0.3) is 0 Å². The minimum absolute atomic E-state index is 0.354. The summed E-state index contributed by atoms with van der Waals surface area (Å²) in [7, 11) is 0. The third kappa shape index (κ3) is 4.98. The number of benzene rings is 1. The molecule has 27 heavy (non-hydrogen) atoms. The highest BCUT2D eigenvalue weighted by atomic mass is 16.5. The summed E-state index contributed by atoms with van der Waals surface area (Å²) in [6.07, 6.45) is 0. The molecule has 1 aromatic heterocycles. The second-order valence-corrected chi connectivity index (χ2v) is 7.78. The van der Waals surface area contributed by atoms with E-state index in [0.29, 0.717) is 5.92 Å². The number of hydrogen-bond donors (Lipinski definition) is 0. The number of aromatic nitrogens is 2. The third-order valence-electron chi connectivity index (χ3n) is 5.13. The number of nitrogens with zero attached hydrogens (tertiary/aromatic N) is 4. The largest absolute Gasteiger partial charge is 0.492 e. The molecule has 0 aliphatic carbocycles. The van der Waals surface area contributed by atoms with E-state index < -0.39 is 0 Å². The molecule has 146 valence electrons. The molecule has 0 radical (unpaired) electrons. The van der Waals surface area contributed by atoms with Crippen LogP contribution in [0.3, 0.4) is 0 Å². The number of piperazine rings is 1. The van der Waals surface area contributed by atoms with Gasteiger partial charge in [-0.1, -0.05) is 32.0 Å². The SMILES string of the molecule is Cc1cc(N2CCN(CCOc3c(C)cccc3C)CC2)nc(C(C)C)n1. The fourth-order valence-corrected chi connectivity index (χ4v) is 3.50. The fraction of sp³-hybridized carbons (Fsp3) is 0.545. The van der Waals surface area contributed by atoms with Gasteiger partial charge in [0.1, 0.15) is 24.0 Å². The lowest BCUT2D eigenvalue weighted by atomic mass is 10.1. The Kier molecular flexibility index (Phi) is 6.32. The first-order valence-electron chi connectivity index (χ1n) is 9.96. The molecule has 5 nitrogen and oxygen atoms in total. The summed E-state index contributed by atoms with van der Waals surface area (Å²) in [6, 6.07) is 8.40. The van der Waals surface area contributed by atoms with Crippen LogP contribution in [0.4, 0.5) is 5.82 Å². The quantitative estimate of drug-likeness (QED) is 0.777. The van der Waals surface area contributed by atoms with Crippen LogP contribution in [-0.4, -0.2) is 54.2 Å². The zero-order valence-corrected chi connectivity index (χ0v) is 17.3. The smallest absolute Gasteiger partial charge is 0.133 e. The standard InChI is InChI=1S/C22H32N4O/c1-16(2)22-23-19(5)15-20(24-22)26-11-9-25(10-12-26)13-14-27-21-17(3)7-6-8-18(21)4/h6-8,15-16H,9-14H2,1-5H3. The van der Waals surface area contributed by atoms with Gasteiger partial charge in [0.2, 0.25) is 0 Å². The maximum Gasteiger partial charge on any atom is 0.133 e. The summed E-state index contributed by atoms with van der Waals surface area (Å²) in [5.74, 6) is 3.40. The van der Waals surface area contributed by atoms with Gasteiger partial charge in [0.15, 0.2) is 0 Å². The van der Waals surface area contributed by atoms with E-state index in [9.17, 15) is 0 Å². The van der Waals surface area contributed by atoms with Crippen molar-refractivity contribution in [2.75, 3.05) is 44.2 Å². The average molecular weight is 369 g/mol. The summed E-state index contributed by atoms with van der Waals surface area (Å²) in [6.45, 7) is 16.3. The molecule has 5 heteroatoms. The molecule has 2 aromatic rings. The maximum atomic E-state index is 6.06. The Morgan fingerprint density at radius 3 is 2.30 bits per heavy atom. The predicted octanol–water partition coefficient (Wildman–Crippen LogP) is 3.73. The number of aryl methyl sites for hydroxylation is 3. The number of hydrogen-bond acceptors (Lipinski definition) is 5. The summed E-state index contributed by atoms with van der Waals surface area (Å²) in [5.41, 5.74) is 3.47. The molecule has 1 aliphatic heterocycles. The van der Waals surface area contributed by atoms with Crippen LogP contribution in [0.2, 0.25) is 0 Å². The van der Waals surface area contributed by atoms with Gasteiger partial charge in [0, 0.05) is 50.4 Å². The van der Waals surface area contributed by atoms with Crippen LogP contribution in [0.1, 0.15) is 42.4 Å². The Morgan fingerprint density at radius 1 is 1.00 bits per heavy atom. The molecule has 0 bridgehead atoms. The highest BCUT2D eigenvalue weighted by molar-refractivity contribution is 5.41. The highest BCUT2D eigenvalue weighted by Gasteiger charge is 2.19. The monoisotopic (exact) mass is 368 g/mol. The second kappa shape index (κ2) is 8.70. The molecule has 3 rings (SSSR count).